The minimum absolute atomic E-state index is 0.561. The summed E-state index contributed by atoms with van der Waals surface area (Å²) in [5, 5.41) is 0.674. The summed E-state index contributed by atoms with van der Waals surface area (Å²) in [5.74, 6) is 1.79. The molecule has 1 fully saturated rings. The standard InChI is InChI=1S/C11H17N3S/c1-8-9(2)15-6-5-14(8)10-3-4-13-11(12)7-10/h3-4,7-9H,5-6H2,1-2H3,(H2,12,13). The first-order valence-corrected chi connectivity index (χ1v) is 6.33. The lowest BCUT2D eigenvalue weighted by Gasteiger charge is -2.39. The average Bonchev–Trinajstić information content (AvgIpc) is 2.22. The van der Waals surface area contributed by atoms with Crippen LogP contribution in [0.2, 0.25) is 0 Å². The van der Waals surface area contributed by atoms with Gasteiger partial charge in [-0.15, -0.1) is 0 Å². The molecule has 0 amide bonds. The van der Waals surface area contributed by atoms with E-state index in [2.05, 4.69) is 23.7 Å². The first-order valence-electron chi connectivity index (χ1n) is 5.28. The second kappa shape index (κ2) is 4.31. The fraction of sp³-hybridized carbons (Fsp3) is 0.545. The van der Waals surface area contributed by atoms with Gasteiger partial charge in [0.05, 0.1) is 0 Å². The first-order chi connectivity index (χ1) is 7.18. The molecule has 0 aromatic carbocycles. The topological polar surface area (TPSA) is 42.2 Å². The van der Waals surface area contributed by atoms with Crippen molar-refractivity contribution in [2.75, 3.05) is 22.9 Å². The van der Waals surface area contributed by atoms with Crippen LogP contribution in [-0.4, -0.2) is 28.6 Å². The monoisotopic (exact) mass is 223 g/mol. The van der Waals surface area contributed by atoms with Crippen molar-refractivity contribution in [2.45, 2.75) is 25.1 Å². The Morgan fingerprint density at radius 3 is 3.07 bits per heavy atom. The first kappa shape index (κ1) is 10.6. The summed E-state index contributed by atoms with van der Waals surface area (Å²) in [7, 11) is 0. The zero-order valence-electron chi connectivity index (χ0n) is 9.18. The Labute approximate surface area is 95.1 Å². The van der Waals surface area contributed by atoms with Crippen LogP contribution in [0.3, 0.4) is 0 Å². The highest BCUT2D eigenvalue weighted by Crippen LogP contribution is 2.29. The molecule has 0 aliphatic carbocycles. The van der Waals surface area contributed by atoms with E-state index in [9.17, 15) is 0 Å². The minimum Gasteiger partial charge on any atom is -0.384 e. The smallest absolute Gasteiger partial charge is 0.125 e. The van der Waals surface area contributed by atoms with Crippen molar-refractivity contribution < 1.29 is 0 Å². The van der Waals surface area contributed by atoms with E-state index in [0.717, 1.165) is 6.54 Å². The van der Waals surface area contributed by atoms with E-state index < -0.39 is 0 Å². The van der Waals surface area contributed by atoms with Crippen LogP contribution in [0, 0.1) is 0 Å². The Hall–Kier alpha value is -0.900. The summed E-state index contributed by atoms with van der Waals surface area (Å²) in [4.78, 5) is 6.44. The number of hydrogen-bond acceptors (Lipinski definition) is 4. The largest absolute Gasteiger partial charge is 0.384 e. The third-order valence-electron chi connectivity index (χ3n) is 2.98. The fourth-order valence-electron chi connectivity index (χ4n) is 1.91. The Morgan fingerprint density at radius 1 is 1.53 bits per heavy atom. The van der Waals surface area contributed by atoms with Crippen molar-refractivity contribution in [3.8, 4) is 0 Å². The molecule has 1 aliphatic rings. The number of thioether (sulfide) groups is 1. The zero-order chi connectivity index (χ0) is 10.8. The fourth-order valence-corrected chi connectivity index (χ4v) is 3.01. The third-order valence-corrected chi connectivity index (χ3v) is 4.32. The number of nitrogens with zero attached hydrogens (tertiary/aromatic N) is 2. The van der Waals surface area contributed by atoms with Gasteiger partial charge in [-0.2, -0.15) is 11.8 Å². The van der Waals surface area contributed by atoms with E-state index in [-0.39, 0.29) is 0 Å². The van der Waals surface area contributed by atoms with Gasteiger partial charge in [0.2, 0.25) is 0 Å². The van der Waals surface area contributed by atoms with Crippen molar-refractivity contribution in [3.63, 3.8) is 0 Å². The van der Waals surface area contributed by atoms with Gasteiger partial charge in [-0.05, 0) is 13.0 Å². The maximum atomic E-state index is 5.70. The number of rotatable bonds is 1. The van der Waals surface area contributed by atoms with Crippen molar-refractivity contribution in [3.05, 3.63) is 18.3 Å². The summed E-state index contributed by atoms with van der Waals surface area (Å²) < 4.78 is 0. The Bertz CT molecular complexity index is 342. The number of anilines is 2. The predicted molar refractivity (Wildman–Crippen MR) is 67.4 cm³/mol. The molecule has 1 saturated heterocycles. The van der Waals surface area contributed by atoms with Crippen molar-refractivity contribution in [1.82, 2.24) is 4.98 Å². The molecule has 2 unspecified atom stereocenters. The molecule has 2 heterocycles. The molecule has 2 atom stereocenters. The van der Waals surface area contributed by atoms with Gasteiger partial charge in [-0.25, -0.2) is 4.98 Å². The van der Waals surface area contributed by atoms with Crippen LogP contribution in [-0.2, 0) is 0 Å². The minimum atomic E-state index is 0.561. The van der Waals surface area contributed by atoms with E-state index in [1.165, 1.54) is 11.4 Å². The molecule has 1 aliphatic heterocycles. The van der Waals surface area contributed by atoms with E-state index in [1.54, 1.807) is 6.20 Å². The van der Waals surface area contributed by atoms with Gasteiger partial charge in [-0.3, -0.25) is 0 Å². The van der Waals surface area contributed by atoms with Gasteiger partial charge in [0.25, 0.3) is 0 Å². The average molecular weight is 223 g/mol. The normalized spacial score (nSPS) is 26.7. The van der Waals surface area contributed by atoms with Gasteiger partial charge in [0.15, 0.2) is 0 Å². The van der Waals surface area contributed by atoms with E-state index in [1.807, 2.05) is 23.9 Å². The highest BCUT2D eigenvalue weighted by molar-refractivity contribution is 8.00. The van der Waals surface area contributed by atoms with Crippen LogP contribution in [0.5, 0.6) is 0 Å². The number of hydrogen-bond donors (Lipinski definition) is 1. The van der Waals surface area contributed by atoms with Gasteiger partial charge in [0.1, 0.15) is 5.82 Å². The summed E-state index contributed by atoms with van der Waals surface area (Å²) >= 11 is 2.04. The molecule has 0 saturated carbocycles. The predicted octanol–water partition coefficient (Wildman–Crippen LogP) is 1.99. The zero-order valence-corrected chi connectivity index (χ0v) is 10.00. The Kier molecular flexibility index (Phi) is 3.05. The summed E-state index contributed by atoms with van der Waals surface area (Å²) in [5.41, 5.74) is 6.90. The highest BCUT2D eigenvalue weighted by Gasteiger charge is 2.25. The summed E-state index contributed by atoms with van der Waals surface area (Å²) in [6, 6.07) is 4.56. The molecule has 4 heteroatoms. The van der Waals surface area contributed by atoms with Crippen LogP contribution in [0.1, 0.15) is 13.8 Å². The van der Waals surface area contributed by atoms with Crippen LogP contribution < -0.4 is 10.6 Å². The number of aromatic nitrogens is 1. The second-order valence-corrected chi connectivity index (χ2v) is 5.43. The summed E-state index contributed by atoms with van der Waals surface area (Å²) in [6.45, 7) is 5.65. The van der Waals surface area contributed by atoms with Gasteiger partial charge < -0.3 is 10.6 Å². The van der Waals surface area contributed by atoms with Gasteiger partial charge in [0, 0.05) is 41.5 Å². The van der Waals surface area contributed by atoms with Crippen molar-refractivity contribution >= 4 is 23.3 Å². The van der Waals surface area contributed by atoms with Crippen molar-refractivity contribution in [2.24, 2.45) is 0 Å². The number of nitrogen functional groups attached to an aromatic ring is 1. The summed E-state index contributed by atoms with van der Waals surface area (Å²) in [6.07, 6.45) is 1.78. The maximum absolute atomic E-state index is 5.70. The second-order valence-electron chi connectivity index (χ2n) is 3.95. The highest BCUT2D eigenvalue weighted by atomic mass is 32.2. The molecule has 1 aromatic rings. The van der Waals surface area contributed by atoms with E-state index in [0.29, 0.717) is 17.1 Å². The third kappa shape index (κ3) is 2.20. The number of nitrogens with two attached hydrogens (primary N) is 1. The molecule has 0 spiro atoms. The van der Waals surface area contributed by atoms with E-state index >= 15 is 0 Å². The molecule has 3 nitrogen and oxygen atoms in total. The molecular formula is C11H17N3S. The van der Waals surface area contributed by atoms with Crippen LogP contribution >= 0.6 is 11.8 Å². The molecule has 82 valence electrons. The Morgan fingerprint density at radius 2 is 2.33 bits per heavy atom. The molecular weight excluding hydrogens is 206 g/mol. The lowest BCUT2D eigenvalue weighted by atomic mass is 10.2. The number of pyridine rings is 1. The van der Waals surface area contributed by atoms with Gasteiger partial charge in [-0.1, -0.05) is 6.92 Å². The lowest BCUT2D eigenvalue weighted by molar-refractivity contribution is 0.627. The molecule has 2 rings (SSSR count). The Balaban J connectivity index is 2.22. The lowest BCUT2D eigenvalue weighted by Crippen LogP contribution is -2.44. The maximum Gasteiger partial charge on any atom is 0.125 e. The molecule has 0 radical (unpaired) electrons. The van der Waals surface area contributed by atoms with Crippen LogP contribution in [0.4, 0.5) is 11.5 Å². The van der Waals surface area contributed by atoms with Crippen molar-refractivity contribution in [1.29, 1.82) is 0 Å². The SMILES string of the molecule is CC1SCCN(c2ccnc(N)c2)C1C. The van der Waals surface area contributed by atoms with E-state index in [4.69, 9.17) is 5.73 Å². The van der Waals surface area contributed by atoms with Crippen LogP contribution in [0.25, 0.3) is 0 Å². The quantitative estimate of drug-likeness (QED) is 0.790. The van der Waals surface area contributed by atoms with Crippen LogP contribution in [0.15, 0.2) is 18.3 Å². The molecule has 0 bridgehead atoms. The molecule has 15 heavy (non-hydrogen) atoms. The van der Waals surface area contributed by atoms with Gasteiger partial charge >= 0.3 is 0 Å². The molecule has 1 aromatic heterocycles. The molecule has 2 N–H and O–H groups in total.